The molecule has 0 spiro atoms. The molecule has 0 amide bonds. The highest BCUT2D eigenvalue weighted by molar-refractivity contribution is 5.96. The molecule has 0 saturated heterocycles. The van der Waals surface area contributed by atoms with Crippen LogP contribution in [-0.4, -0.2) is 31.8 Å². The Balaban J connectivity index is 3.05. The SMILES string of the molecule is C=CCOC(=O)c1cc(OCC=C)cc(C(=O)OCC=C)c1. The van der Waals surface area contributed by atoms with Crippen molar-refractivity contribution >= 4 is 11.9 Å². The van der Waals surface area contributed by atoms with Gasteiger partial charge < -0.3 is 14.2 Å². The van der Waals surface area contributed by atoms with Gasteiger partial charge in [0.15, 0.2) is 0 Å². The minimum Gasteiger partial charge on any atom is -0.490 e. The lowest BCUT2D eigenvalue weighted by Gasteiger charge is -2.09. The molecule has 0 unspecified atom stereocenters. The molecular formula is C17H18O5. The first-order valence-corrected chi connectivity index (χ1v) is 6.57. The van der Waals surface area contributed by atoms with E-state index in [1.807, 2.05) is 0 Å². The van der Waals surface area contributed by atoms with Gasteiger partial charge >= 0.3 is 11.9 Å². The molecule has 0 fully saturated rings. The van der Waals surface area contributed by atoms with E-state index in [1.165, 1.54) is 30.4 Å². The van der Waals surface area contributed by atoms with Crippen molar-refractivity contribution in [1.82, 2.24) is 0 Å². The Hall–Kier alpha value is -2.82. The van der Waals surface area contributed by atoms with E-state index < -0.39 is 11.9 Å². The zero-order valence-electron chi connectivity index (χ0n) is 12.2. The highest BCUT2D eigenvalue weighted by Crippen LogP contribution is 2.19. The summed E-state index contributed by atoms with van der Waals surface area (Å²) in [6.45, 7) is 10.9. The summed E-state index contributed by atoms with van der Waals surface area (Å²) in [7, 11) is 0. The van der Waals surface area contributed by atoms with E-state index in [2.05, 4.69) is 19.7 Å². The van der Waals surface area contributed by atoms with Crippen LogP contribution in [0, 0.1) is 0 Å². The largest absolute Gasteiger partial charge is 0.490 e. The molecule has 0 saturated carbocycles. The van der Waals surface area contributed by atoms with E-state index in [0.29, 0.717) is 5.75 Å². The Morgan fingerprint density at radius 1 is 0.818 bits per heavy atom. The van der Waals surface area contributed by atoms with Crippen LogP contribution in [0.4, 0.5) is 0 Å². The molecule has 5 heteroatoms. The van der Waals surface area contributed by atoms with E-state index in [0.717, 1.165) is 0 Å². The van der Waals surface area contributed by atoms with Gasteiger partial charge in [-0.15, -0.1) is 0 Å². The molecule has 0 atom stereocenters. The van der Waals surface area contributed by atoms with Crippen LogP contribution in [0.5, 0.6) is 5.75 Å². The Morgan fingerprint density at radius 2 is 1.27 bits per heavy atom. The van der Waals surface area contributed by atoms with E-state index in [1.54, 1.807) is 6.08 Å². The lowest BCUT2D eigenvalue weighted by molar-refractivity contribution is 0.0547. The van der Waals surface area contributed by atoms with Gasteiger partial charge in [-0.2, -0.15) is 0 Å². The Bertz CT molecular complexity index is 532. The van der Waals surface area contributed by atoms with Crippen molar-refractivity contribution in [2.24, 2.45) is 0 Å². The molecule has 0 aliphatic carbocycles. The maximum Gasteiger partial charge on any atom is 0.338 e. The lowest BCUT2D eigenvalue weighted by atomic mass is 10.1. The summed E-state index contributed by atoms with van der Waals surface area (Å²) in [5.74, 6) is -0.818. The number of carbonyl (C=O) groups excluding carboxylic acids is 2. The summed E-state index contributed by atoms with van der Waals surface area (Å²) in [6, 6.07) is 4.36. The average Bonchev–Trinajstić information content (AvgIpc) is 2.55. The first kappa shape index (κ1) is 17.2. The van der Waals surface area contributed by atoms with Crippen molar-refractivity contribution in [2.45, 2.75) is 0 Å². The highest BCUT2D eigenvalue weighted by atomic mass is 16.5. The zero-order chi connectivity index (χ0) is 16.4. The third kappa shape index (κ3) is 5.28. The molecule has 1 aromatic rings. The van der Waals surface area contributed by atoms with E-state index >= 15 is 0 Å². The molecular weight excluding hydrogens is 284 g/mol. The van der Waals surface area contributed by atoms with Gasteiger partial charge in [-0.3, -0.25) is 0 Å². The van der Waals surface area contributed by atoms with Crippen molar-refractivity contribution in [3.8, 4) is 5.75 Å². The monoisotopic (exact) mass is 302 g/mol. The molecule has 0 aromatic heterocycles. The first-order chi connectivity index (χ1) is 10.6. The van der Waals surface area contributed by atoms with Crippen molar-refractivity contribution in [2.75, 3.05) is 19.8 Å². The van der Waals surface area contributed by atoms with Crippen molar-refractivity contribution in [3.63, 3.8) is 0 Å². The molecule has 0 heterocycles. The van der Waals surface area contributed by atoms with Crippen LogP contribution in [0.1, 0.15) is 20.7 Å². The maximum atomic E-state index is 11.9. The van der Waals surface area contributed by atoms with Gasteiger partial charge in [-0.1, -0.05) is 38.0 Å². The molecule has 0 radical (unpaired) electrons. The van der Waals surface area contributed by atoms with E-state index in [-0.39, 0.29) is 30.9 Å². The molecule has 1 rings (SSSR count). The summed E-state index contributed by atoms with van der Waals surface area (Å²) < 4.78 is 15.3. The molecule has 22 heavy (non-hydrogen) atoms. The third-order valence-corrected chi connectivity index (χ3v) is 2.41. The molecule has 0 N–H and O–H groups in total. The van der Waals surface area contributed by atoms with E-state index in [9.17, 15) is 9.59 Å². The summed E-state index contributed by atoms with van der Waals surface area (Å²) in [5.41, 5.74) is 0.378. The smallest absolute Gasteiger partial charge is 0.338 e. The fourth-order valence-corrected chi connectivity index (χ4v) is 1.51. The van der Waals surface area contributed by atoms with Crippen molar-refractivity contribution in [3.05, 3.63) is 67.3 Å². The van der Waals surface area contributed by atoms with Crippen LogP contribution in [0.15, 0.2) is 56.2 Å². The van der Waals surface area contributed by atoms with Crippen LogP contribution in [0.3, 0.4) is 0 Å². The predicted molar refractivity (Wildman–Crippen MR) is 83.1 cm³/mol. The second-order valence-electron chi connectivity index (χ2n) is 4.12. The lowest BCUT2D eigenvalue weighted by Crippen LogP contribution is -2.10. The fourth-order valence-electron chi connectivity index (χ4n) is 1.51. The molecule has 0 aliphatic heterocycles. The average molecular weight is 302 g/mol. The molecule has 0 aliphatic rings. The number of hydrogen-bond acceptors (Lipinski definition) is 5. The van der Waals surface area contributed by atoms with Gasteiger partial charge in [0.25, 0.3) is 0 Å². The second kappa shape index (κ2) is 9.18. The highest BCUT2D eigenvalue weighted by Gasteiger charge is 2.15. The summed E-state index contributed by atoms with van der Waals surface area (Å²) in [4.78, 5) is 23.8. The maximum absolute atomic E-state index is 11.9. The number of esters is 2. The number of benzene rings is 1. The topological polar surface area (TPSA) is 61.8 Å². The summed E-state index contributed by atoms with van der Waals surface area (Å²) in [5, 5.41) is 0. The van der Waals surface area contributed by atoms with Crippen LogP contribution in [0.2, 0.25) is 0 Å². The number of ether oxygens (including phenoxy) is 3. The Morgan fingerprint density at radius 3 is 1.68 bits per heavy atom. The number of carbonyl (C=O) groups is 2. The first-order valence-electron chi connectivity index (χ1n) is 6.57. The molecule has 116 valence electrons. The van der Waals surface area contributed by atoms with E-state index in [4.69, 9.17) is 14.2 Å². The minimum atomic E-state index is -0.582. The normalized spacial score (nSPS) is 9.45. The molecule has 0 bridgehead atoms. The van der Waals surface area contributed by atoms with Crippen molar-refractivity contribution in [1.29, 1.82) is 0 Å². The van der Waals surface area contributed by atoms with Gasteiger partial charge in [0.2, 0.25) is 0 Å². The van der Waals surface area contributed by atoms with Crippen molar-refractivity contribution < 1.29 is 23.8 Å². The third-order valence-electron chi connectivity index (χ3n) is 2.41. The second-order valence-corrected chi connectivity index (χ2v) is 4.12. The Labute approximate surface area is 129 Å². The minimum absolute atomic E-state index is 0.0762. The van der Waals surface area contributed by atoms with Gasteiger partial charge in [-0.05, 0) is 18.2 Å². The Kier molecular flexibility index (Phi) is 7.19. The van der Waals surface area contributed by atoms with Gasteiger partial charge in [0, 0.05) is 0 Å². The number of hydrogen-bond donors (Lipinski definition) is 0. The van der Waals surface area contributed by atoms with Crippen LogP contribution < -0.4 is 4.74 Å². The summed E-state index contributed by atoms with van der Waals surface area (Å²) in [6.07, 6.45) is 4.46. The predicted octanol–water partition coefficient (Wildman–Crippen LogP) is 2.94. The quantitative estimate of drug-likeness (QED) is 0.518. The van der Waals surface area contributed by atoms with Crippen LogP contribution in [-0.2, 0) is 9.47 Å². The van der Waals surface area contributed by atoms with Gasteiger partial charge in [-0.25, -0.2) is 9.59 Å². The molecule has 5 nitrogen and oxygen atoms in total. The zero-order valence-corrected chi connectivity index (χ0v) is 12.2. The van der Waals surface area contributed by atoms with Gasteiger partial charge in [0.05, 0.1) is 11.1 Å². The van der Waals surface area contributed by atoms with Crippen LogP contribution in [0.25, 0.3) is 0 Å². The summed E-state index contributed by atoms with van der Waals surface area (Å²) >= 11 is 0. The molecule has 1 aromatic carbocycles. The number of rotatable bonds is 9. The van der Waals surface area contributed by atoms with Crippen LogP contribution >= 0.6 is 0 Å². The fraction of sp³-hybridized carbons (Fsp3) is 0.176. The van der Waals surface area contributed by atoms with Gasteiger partial charge in [0.1, 0.15) is 25.6 Å². The standard InChI is InChI=1S/C17H18O5/c1-4-7-20-15-11-13(16(18)21-8-5-2)10-14(12-15)17(19)22-9-6-3/h4-6,10-12H,1-3,7-9H2.